The van der Waals surface area contributed by atoms with Crippen LogP contribution in [0.1, 0.15) is 65.2 Å². The molecule has 0 aromatic rings. The van der Waals surface area contributed by atoms with E-state index in [9.17, 15) is 5.11 Å². The second kappa shape index (κ2) is 5.71. The predicted molar refractivity (Wildman–Crippen MR) is 70.0 cm³/mol. The first-order chi connectivity index (χ1) is 8.16. The Labute approximate surface area is 106 Å². The molecule has 2 aliphatic rings. The fraction of sp³-hybridized carbons (Fsp3) is 1.00. The molecule has 2 rings (SSSR count). The van der Waals surface area contributed by atoms with Crippen LogP contribution < -0.4 is 0 Å². The van der Waals surface area contributed by atoms with Crippen LogP contribution in [-0.2, 0) is 4.74 Å². The van der Waals surface area contributed by atoms with Crippen molar-refractivity contribution >= 4 is 0 Å². The van der Waals surface area contributed by atoms with Gasteiger partial charge in [0.1, 0.15) is 0 Å². The van der Waals surface area contributed by atoms with E-state index in [0.717, 1.165) is 37.7 Å². The maximum Gasteiger partial charge on any atom is 0.0940 e. The van der Waals surface area contributed by atoms with Crippen LogP contribution in [-0.4, -0.2) is 23.4 Å². The van der Waals surface area contributed by atoms with E-state index in [4.69, 9.17) is 4.74 Å². The smallest absolute Gasteiger partial charge is 0.0940 e. The summed E-state index contributed by atoms with van der Waals surface area (Å²) in [5.41, 5.74) is -0.211. The molecule has 100 valence electrons. The molecule has 0 amide bonds. The van der Waals surface area contributed by atoms with Gasteiger partial charge in [-0.1, -0.05) is 26.2 Å². The zero-order chi connectivity index (χ0) is 12.3. The maximum atomic E-state index is 10.6. The Kier molecular flexibility index (Phi) is 4.48. The molecule has 0 spiro atoms. The molecular formula is C15H28O2. The number of hydrogen-bond acceptors (Lipinski definition) is 2. The van der Waals surface area contributed by atoms with E-state index in [-0.39, 0.29) is 11.7 Å². The van der Waals surface area contributed by atoms with Crippen molar-refractivity contribution in [1.82, 2.24) is 0 Å². The van der Waals surface area contributed by atoms with Crippen molar-refractivity contribution in [3.05, 3.63) is 0 Å². The van der Waals surface area contributed by atoms with Crippen molar-refractivity contribution in [3.63, 3.8) is 0 Å². The number of ether oxygens (including phenoxy) is 1. The summed E-state index contributed by atoms with van der Waals surface area (Å²) in [6, 6.07) is 0. The Morgan fingerprint density at radius 3 is 2.35 bits per heavy atom. The lowest BCUT2D eigenvalue weighted by Gasteiger charge is -2.44. The monoisotopic (exact) mass is 240 g/mol. The van der Waals surface area contributed by atoms with Crippen LogP contribution >= 0.6 is 0 Å². The second-order valence-corrected chi connectivity index (χ2v) is 6.23. The highest BCUT2D eigenvalue weighted by molar-refractivity contribution is 4.94. The van der Waals surface area contributed by atoms with Crippen molar-refractivity contribution < 1.29 is 9.84 Å². The van der Waals surface area contributed by atoms with Crippen LogP contribution in [0.2, 0.25) is 0 Å². The average molecular weight is 240 g/mol. The van der Waals surface area contributed by atoms with E-state index in [1.807, 2.05) is 0 Å². The van der Waals surface area contributed by atoms with Crippen LogP contribution in [0.25, 0.3) is 0 Å². The van der Waals surface area contributed by atoms with Crippen molar-refractivity contribution in [2.75, 3.05) is 6.61 Å². The number of aliphatic hydroxyl groups excluding tert-OH is 1. The molecular weight excluding hydrogens is 212 g/mol. The van der Waals surface area contributed by atoms with Gasteiger partial charge in [-0.25, -0.2) is 0 Å². The van der Waals surface area contributed by atoms with Gasteiger partial charge in [-0.2, -0.15) is 0 Å². The Bertz CT molecular complexity index is 227. The molecule has 0 bridgehead atoms. The van der Waals surface area contributed by atoms with Crippen molar-refractivity contribution in [2.24, 2.45) is 11.8 Å². The van der Waals surface area contributed by atoms with E-state index in [0.29, 0.717) is 0 Å². The Hall–Kier alpha value is -0.0800. The summed E-state index contributed by atoms with van der Waals surface area (Å²) in [6.45, 7) is 5.10. The predicted octanol–water partition coefficient (Wildman–Crippen LogP) is 3.52. The average Bonchev–Trinajstić information content (AvgIpc) is 2.27. The summed E-state index contributed by atoms with van der Waals surface area (Å²) in [4.78, 5) is 0. The van der Waals surface area contributed by atoms with Gasteiger partial charge >= 0.3 is 0 Å². The first kappa shape index (κ1) is 13.4. The normalized spacial score (nSPS) is 36.5. The van der Waals surface area contributed by atoms with Crippen molar-refractivity contribution in [1.29, 1.82) is 0 Å². The van der Waals surface area contributed by atoms with Crippen LogP contribution in [0.4, 0.5) is 0 Å². The highest BCUT2D eigenvalue weighted by Gasteiger charge is 2.42. The quantitative estimate of drug-likeness (QED) is 0.796. The third kappa shape index (κ3) is 3.03. The molecule has 2 aliphatic carbocycles. The minimum absolute atomic E-state index is 0.211. The van der Waals surface area contributed by atoms with Gasteiger partial charge in [-0.05, 0) is 50.9 Å². The third-order valence-electron chi connectivity index (χ3n) is 4.94. The molecule has 0 aromatic carbocycles. The minimum atomic E-state index is -0.236. The van der Waals surface area contributed by atoms with Crippen LogP contribution in [0.3, 0.4) is 0 Å². The van der Waals surface area contributed by atoms with E-state index in [2.05, 4.69) is 13.8 Å². The largest absolute Gasteiger partial charge is 0.390 e. The Morgan fingerprint density at radius 1 is 1.24 bits per heavy atom. The lowest BCUT2D eigenvalue weighted by Crippen LogP contribution is -2.48. The summed E-state index contributed by atoms with van der Waals surface area (Å²) in [7, 11) is 0. The fourth-order valence-corrected chi connectivity index (χ4v) is 3.37. The number of rotatable bonds is 5. The van der Waals surface area contributed by atoms with E-state index >= 15 is 0 Å². The van der Waals surface area contributed by atoms with Gasteiger partial charge in [0.05, 0.1) is 11.7 Å². The van der Waals surface area contributed by atoms with Gasteiger partial charge in [0.15, 0.2) is 0 Å². The zero-order valence-electron chi connectivity index (χ0n) is 11.5. The molecule has 1 atom stereocenters. The molecule has 17 heavy (non-hydrogen) atoms. The molecule has 2 saturated carbocycles. The lowest BCUT2D eigenvalue weighted by molar-refractivity contribution is -0.151. The molecule has 0 aliphatic heterocycles. The van der Waals surface area contributed by atoms with Crippen molar-refractivity contribution in [2.45, 2.75) is 76.9 Å². The molecule has 0 saturated heterocycles. The standard InChI is InChI=1S/C15H28O2/c1-3-17-15(9-7-12(2)8-10-15)14(16)11-13-5-4-6-13/h12-14,16H,3-11H2,1-2H3. The van der Waals surface area contributed by atoms with Gasteiger partial charge in [-0.3, -0.25) is 0 Å². The summed E-state index contributed by atoms with van der Waals surface area (Å²) in [6.07, 6.45) is 9.24. The number of aliphatic hydroxyl groups is 1. The molecule has 2 nitrogen and oxygen atoms in total. The van der Waals surface area contributed by atoms with Gasteiger partial charge in [0.25, 0.3) is 0 Å². The van der Waals surface area contributed by atoms with Crippen LogP contribution in [0.15, 0.2) is 0 Å². The second-order valence-electron chi connectivity index (χ2n) is 6.23. The molecule has 1 unspecified atom stereocenters. The SMILES string of the molecule is CCOC1(C(O)CC2CCC2)CCC(C)CC1. The summed E-state index contributed by atoms with van der Waals surface area (Å²) in [5, 5.41) is 10.6. The zero-order valence-corrected chi connectivity index (χ0v) is 11.5. The molecule has 0 radical (unpaired) electrons. The minimum Gasteiger partial charge on any atom is -0.390 e. The van der Waals surface area contributed by atoms with Gasteiger partial charge < -0.3 is 9.84 Å². The Morgan fingerprint density at radius 2 is 1.88 bits per heavy atom. The molecule has 2 heteroatoms. The molecule has 0 heterocycles. The first-order valence-corrected chi connectivity index (χ1v) is 7.48. The number of hydrogen-bond donors (Lipinski definition) is 1. The van der Waals surface area contributed by atoms with E-state index in [1.54, 1.807) is 0 Å². The molecule has 1 N–H and O–H groups in total. The van der Waals surface area contributed by atoms with Gasteiger partial charge in [-0.15, -0.1) is 0 Å². The fourth-order valence-electron chi connectivity index (χ4n) is 3.37. The highest BCUT2D eigenvalue weighted by Crippen LogP contribution is 2.41. The molecule has 0 aromatic heterocycles. The maximum absolute atomic E-state index is 10.6. The summed E-state index contributed by atoms with van der Waals surface area (Å²) < 4.78 is 6.00. The highest BCUT2D eigenvalue weighted by atomic mass is 16.5. The summed E-state index contributed by atoms with van der Waals surface area (Å²) >= 11 is 0. The van der Waals surface area contributed by atoms with Crippen LogP contribution in [0.5, 0.6) is 0 Å². The summed E-state index contributed by atoms with van der Waals surface area (Å²) in [5.74, 6) is 1.57. The van der Waals surface area contributed by atoms with Gasteiger partial charge in [0.2, 0.25) is 0 Å². The molecule has 2 fully saturated rings. The first-order valence-electron chi connectivity index (χ1n) is 7.48. The third-order valence-corrected chi connectivity index (χ3v) is 4.94. The van der Waals surface area contributed by atoms with Crippen molar-refractivity contribution in [3.8, 4) is 0 Å². The van der Waals surface area contributed by atoms with Crippen LogP contribution in [0, 0.1) is 11.8 Å². The Balaban J connectivity index is 1.93. The van der Waals surface area contributed by atoms with E-state index in [1.165, 1.54) is 32.1 Å². The topological polar surface area (TPSA) is 29.5 Å². The lowest BCUT2D eigenvalue weighted by atomic mass is 9.71. The van der Waals surface area contributed by atoms with E-state index < -0.39 is 0 Å². The van der Waals surface area contributed by atoms with Gasteiger partial charge in [0, 0.05) is 6.61 Å².